The Bertz CT molecular complexity index is 2410. The summed E-state index contributed by atoms with van der Waals surface area (Å²) in [6.45, 7) is 18.9. The molecule has 5 nitrogen and oxygen atoms in total. The van der Waals surface area contributed by atoms with Crippen LogP contribution in [0.15, 0.2) is 122 Å². The normalized spacial score (nSPS) is 13.0. The van der Waals surface area contributed by atoms with E-state index in [2.05, 4.69) is 92.9 Å². The minimum atomic E-state index is 0.581. The molecule has 0 radical (unpaired) electrons. The molecule has 0 unspecified atom stereocenters. The van der Waals surface area contributed by atoms with E-state index in [1.165, 1.54) is 10.9 Å². The van der Waals surface area contributed by atoms with Crippen molar-refractivity contribution < 1.29 is 0 Å². The summed E-state index contributed by atoms with van der Waals surface area (Å²) in [6, 6.07) is 28.5. The molecule has 0 atom stereocenters. The third-order valence-electron chi connectivity index (χ3n) is 8.48. The van der Waals surface area contributed by atoms with Gasteiger partial charge in [-0.25, -0.2) is 15.0 Å². The molecule has 0 bridgehead atoms. The predicted octanol–water partition coefficient (Wildman–Crippen LogP) is 8.40. The van der Waals surface area contributed by atoms with Crippen molar-refractivity contribution in [1.29, 1.82) is 0 Å². The summed E-state index contributed by atoms with van der Waals surface area (Å²) in [4.78, 5) is 19.8. The van der Waals surface area contributed by atoms with Crippen LogP contribution in [-0.2, 0) is 0 Å². The van der Waals surface area contributed by atoms with E-state index in [-0.39, 0.29) is 0 Å². The number of para-hydroxylation sites is 1. The van der Waals surface area contributed by atoms with Gasteiger partial charge in [-0.15, -0.1) is 0 Å². The zero-order valence-corrected chi connectivity index (χ0v) is 30.4. The van der Waals surface area contributed by atoms with Crippen molar-refractivity contribution in [3.8, 4) is 22.8 Å². The van der Waals surface area contributed by atoms with Gasteiger partial charge < -0.3 is 0 Å². The maximum absolute atomic E-state index is 5.10. The van der Waals surface area contributed by atoms with Gasteiger partial charge in [0, 0.05) is 11.1 Å². The topological polar surface area (TPSA) is 56.5 Å². The molecule has 6 aromatic rings. The van der Waals surface area contributed by atoms with Gasteiger partial charge in [-0.2, -0.15) is 0 Å². The van der Waals surface area contributed by atoms with Crippen LogP contribution in [0.4, 0.5) is 0 Å². The van der Waals surface area contributed by atoms with E-state index < -0.39 is 0 Å². The molecule has 3 heterocycles. The van der Waals surface area contributed by atoms with Gasteiger partial charge in [-0.05, 0) is 6.92 Å². The molecule has 3 aromatic carbocycles. The maximum atomic E-state index is 5.10. The minimum absolute atomic E-state index is 0.581. The van der Waals surface area contributed by atoms with Gasteiger partial charge in [0.1, 0.15) is 0 Å². The van der Waals surface area contributed by atoms with Crippen LogP contribution in [-0.4, -0.2) is 44.7 Å². The standard InChI is InChI=1S/C43H39B2N5S/c1-7-18-34-35-23-16-17-24-38(35)50(39(34)28-44-5)33(9-3)25-26-36(45-6)43-46-37(29(4)51-43)27-30(8-2)40-47-41(31-19-12-10-13-20-31)49-42(48-40)32-21-14-11-15-22-32/h7-28,45H,3-4H2,1-2,5-6H3/b18-7-,30-8+,33-25+,36-26-,37-27+. The van der Waals surface area contributed by atoms with E-state index in [4.69, 9.17) is 19.9 Å². The molecule has 0 N–H and O–H groups in total. The monoisotopic (exact) mass is 679 g/mol. The van der Waals surface area contributed by atoms with Crippen molar-refractivity contribution in [2.45, 2.75) is 27.5 Å². The van der Waals surface area contributed by atoms with Crippen LogP contribution in [0.1, 0.15) is 35.9 Å². The molecule has 8 heteroatoms. The van der Waals surface area contributed by atoms with Crippen LogP contribution >= 0.6 is 11.3 Å². The van der Waals surface area contributed by atoms with Crippen LogP contribution in [0.5, 0.6) is 0 Å². The van der Waals surface area contributed by atoms with Crippen molar-refractivity contribution in [3.63, 3.8) is 0 Å². The first-order chi connectivity index (χ1) is 25.0. The van der Waals surface area contributed by atoms with E-state index >= 15 is 0 Å². The Kier molecular flexibility index (Phi) is 11.2. The van der Waals surface area contributed by atoms with Gasteiger partial charge in [0.25, 0.3) is 0 Å². The van der Waals surface area contributed by atoms with E-state index in [0.29, 0.717) is 17.5 Å². The fraction of sp³-hybridized carbons (Fsp3) is 0.0930. The molecule has 0 spiro atoms. The van der Waals surface area contributed by atoms with E-state index in [1.807, 2.05) is 92.6 Å². The fourth-order valence-electron chi connectivity index (χ4n) is 5.96. The SMILES string of the molecule is C=C/C(=C\C=C(/BC)c1n/c(=C/C(=C\C)c2nc(-c3ccccc3)nc(-c3ccccc3)n2)c(=C)s1)n1c(/C=B\C)c(/C=C\C)c2ccccc21. The molecule has 51 heavy (non-hydrogen) atoms. The molecule has 3 aromatic heterocycles. The summed E-state index contributed by atoms with van der Waals surface area (Å²) in [5.41, 5.74) is 8.22. The Morgan fingerprint density at radius 1 is 0.843 bits per heavy atom. The summed E-state index contributed by atoms with van der Waals surface area (Å²) in [5.74, 6) is 3.98. The number of thiazole rings is 1. The summed E-state index contributed by atoms with van der Waals surface area (Å²) in [6.07, 6.45) is 14.5. The van der Waals surface area contributed by atoms with Crippen molar-refractivity contribution in [1.82, 2.24) is 24.5 Å². The number of hydrogen-bond acceptors (Lipinski definition) is 5. The quantitative estimate of drug-likeness (QED) is 0.102. The van der Waals surface area contributed by atoms with E-state index in [9.17, 15) is 0 Å². The van der Waals surface area contributed by atoms with Crippen molar-refractivity contribution >= 4 is 77.9 Å². The third kappa shape index (κ3) is 7.57. The predicted molar refractivity (Wildman–Crippen MR) is 225 cm³/mol. The zero-order chi connectivity index (χ0) is 35.7. The first kappa shape index (κ1) is 35.1. The average molecular weight is 680 g/mol. The first-order valence-corrected chi connectivity index (χ1v) is 17.9. The number of fused-ring (bicyclic) bond motifs is 1. The van der Waals surface area contributed by atoms with E-state index in [1.54, 1.807) is 11.3 Å². The molecule has 0 aliphatic rings. The van der Waals surface area contributed by atoms with Crippen molar-refractivity contribution in [2.24, 2.45) is 0 Å². The molecule has 0 saturated heterocycles. The van der Waals surface area contributed by atoms with Crippen LogP contribution in [0.2, 0.25) is 13.6 Å². The molecule has 6 rings (SSSR count). The Balaban J connectivity index is 1.42. The van der Waals surface area contributed by atoms with Crippen LogP contribution in [0, 0.1) is 0 Å². The number of aromatic nitrogens is 5. The second-order valence-corrected chi connectivity index (χ2v) is 12.8. The number of rotatable bonds is 11. The zero-order valence-electron chi connectivity index (χ0n) is 29.5. The number of benzene rings is 3. The van der Waals surface area contributed by atoms with E-state index in [0.717, 1.165) is 61.2 Å². The Morgan fingerprint density at radius 2 is 1.49 bits per heavy atom. The van der Waals surface area contributed by atoms with Gasteiger partial charge in [0.05, 0.1) is 0 Å². The molecular formula is C43H39B2N5S. The molecule has 0 saturated carbocycles. The molecule has 0 fully saturated rings. The molecular weight excluding hydrogens is 640 g/mol. The second-order valence-electron chi connectivity index (χ2n) is 11.7. The summed E-state index contributed by atoms with van der Waals surface area (Å²) >= 11 is 1.59. The van der Waals surface area contributed by atoms with Crippen LogP contribution in [0.25, 0.3) is 69.2 Å². The van der Waals surface area contributed by atoms with Gasteiger partial charge in [-0.1, -0.05) is 66.7 Å². The molecule has 0 aliphatic heterocycles. The molecule has 248 valence electrons. The average Bonchev–Trinajstić information content (AvgIpc) is 3.69. The van der Waals surface area contributed by atoms with Crippen LogP contribution < -0.4 is 9.88 Å². The Morgan fingerprint density at radius 3 is 2.08 bits per heavy atom. The summed E-state index contributed by atoms with van der Waals surface area (Å²) < 4.78 is 3.15. The molecule has 0 amide bonds. The summed E-state index contributed by atoms with van der Waals surface area (Å²) in [7, 11) is 0.802. The third-order valence-corrected chi connectivity index (χ3v) is 9.48. The Labute approximate surface area is 305 Å². The number of hydrogen-bond donors (Lipinski definition) is 0. The van der Waals surface area contributed by atoms with Gasteiger partial charge in [0.2, 0.25) is 0 Å². The van der Waals surface area contributed by atoms with Gasteiger partial charge in [0.15, 0.2) is 17.5 Å². The molecule has 0 aliphatic carbocycles. The van der Waals surface area contributed by atoms with Crippen molar-refractivity contribution in [3.05, 3.63) is 154 Å². The van der Waals surface area contributed by atoms with Gasteiger partial charge in [-0.3, -0.25) is 0 Å². The number of nitrogens with zero attached hydrogens (tertiary/aromatic N) is 5. The van der Waals surface area contributed by atoms with Gasteiger partial charge >= 0.3 is 189 Å². The fourth-order valence-corrected chi connectivity index (χ4v) is 6.89. The first-order valence-electron chi connectivity index (χ1n) is 17.1. The summed E-state index contributed by atoms with van der Waals surface area (Å²) in [5, 5.41) is 2.92. The Hall–Kier alpha value is -5.72. The second kappa shape index (κ2) is 16.3. The van der Waals surface area contributed by atoms with Crippen LogP contribution in [0.3, 0.4) is 0 Å². The number of allylic oxidation sites excluding steroid dienone is 7. The van der Waals surface area contributed by atoms with Crippen molar-refractivity contribution in [2.75, 3.05) is 0 Å².